The third-order valence-electron chi connectivity index (χ3n) is 2.17. The number of hydrogen-bond acceptors (Lipinski definition) is 3. The van der Waals surface area contributed by atoms with E-state index in [2.05, 4.69) is 5.32 Å². The highest BCUT2D eigenvalue weighted by molar-refractivity contribution is 5.75. The van der Waals surface area contributed by atoms with Crippen molar-refractivity contribution in [3.63, 3.8) is 0 Å². The average Bonchev–Trinajstić information content (AvgIpc) is 2.64. The molecular weight excluding hydrogens is 170 g/mol. The van der Waals surface area contributed by atoms with Gasteiger partial charge in [0.15, 0.2) is 0 Å². The summed E-state index contributed by atoms with van der Waals surface area (Å²) in [7, 11) is 0. The number of carbonyl (C=O) groups is 1. The maximum absolute atomic E-state index is 11.1. The standard InChI is InChI=1S/C9H17NO3/c11-4-1-2-9(12)10-6-8-3-5-13-7-8/h8,11H,1-7H2,(H,10,12). The molecule has 0 aromatic carbocycles. The lowest BCUT2D eigenvalue weighted by Gasteiger charge is -2.08. The summed E-state index contributed by atoms with van der Waals surface area (Å²) < 4.78 is 5.18. The van der Waals surface area contributed by atoms with Gasteiger partial charge >= 0.3 is 0 Å². The first kappa shape index (κ1) is 10.5. The number of nitrogens with one attached hydrogen (secondary N) is 1. The quantitative estimate of drug-likeness (QED) is 0.632. The van der Waals surface area contributed by atoms with E-state index in [0.29, 0.717) is 25.3 Å². The Morgan fingerprint density at radius 3 is 3.08 bits per heavy atom. The molecule has 1 saturated heterocycles. The predicted molar refractivity (Wildman–Crippen MR) is 48.3 cm³/mol. The Kier molecular flexibility index (Phi) is 4.78. The summed E-state index contributed by atoms with van der Waals surface area (Å²) in [6.07, 6.45) is 2.01. The molecule has 1 amide bonds. The first-order valence-electron chi connectivity index (χ1n) is 4.78. The molecule has 1 fully saturated rings. The Labute approximate surface area is 78.3 Å². The maximum Gasteiger partial charge on any atom is 0.220 e. The van der Waals surface area contributed by atoms with Gasteiger partial charge in [0.1, 0.15) is 0 Å². The zero-order valence-corrected chi connectivity index (χ0v) is 7.79. The molecule has 1 aliphatic heterocycles. The van der Waals surface area contributed by atoms with Gasteiger partial charge in [-0.05, 0) is 12.8 Å². The summed E-state index contributed by atoms with van der Waals surface area (Å²) in [5.41, 5.74) is 0. The van der Waals surface area contributed by atoms with E-state index < -0.39 is 0 Å². The fourth-order valence-electron chi connectivity index (χ4n) is 1.33. The van der Waals surface area contributed by atoms with Crippen molar-refractivity contribution < 1.29 is 14.6 Å². The van der Waals surface area contributed by atoms with Gasteiger partial charge in [-0.25, -0.2) is 0 Å². The van der Waals surface area contributed by atoms with Crippen LogP contribution in [0.5, 0.6) is 0 Å². The van der Waals surface area contributed by atoms with E-state index in [1.807, 2.05) is 0 Å². The fourth-order valence-corrected chi connectivity index (χ4v) is 1.33. The molecule has 0 saturated carbocycles. The second kappa shape index (κ2) is 5.94. The second-order valence-electron chi connectivity index (χ2n) is 3.36. The van der Waals surface area contributed by atoms with Crippen molar-refractivity contribution in [1.29, 1.82) is 0 Å². The van der Waals surface area contributed by atoms with E-state index in [0.717, 1.165) is 19.6 Å². The molecule has 0 aliphatic carbocycles. The molecule has 0 aromatic rings. The Bertz CT molecular complexity index is 155. The van der Waals surface area contributed by atoms with Gasteiger partial charge in [-0.3, -0.25) is 4.79 Å². The third kappa shape index (κ3) is 4.24. The third-order valence-corrected chi connectivity index (χ3v) is 2.17. The zero-order chi connectivity index (χ0) is 9.52. The molecule has 76 valence electrons. The molecule has 0 aromatic heterocycles. The van der Waals surface area contributed by atoms with Crippen molar-refractivity contribution in [1.82, 2.24) is 5.32 Å². The second-order valence-corrected chi connectivity index (χ2v) is 3.36. The van der Waals surface area contributed by atoms with Crippen LogP contribution in [0.3, 0.4) is 0 Å². The normalized spacial score (nSPS) is 21.8. The Hall–Kier alpha value is -0.610. The molecule has 1 heterocycles. The van der Waals surface area contributed by atoms with Crippen LogP contribution in [0.15, 0.2) is 0 Å². The molecule has 4 nitrogen and oxygen atoms in total. The van der Waals surface area contributed by atoms with Crippen molar-refractivity contribution in [3.05, 3.63) is 0 Å². The summed E-state index contributed by atoms with van der Waals surface area (Å²) in [5, 5.41) is 11.3. The van der Waals surface area contributed by atoms with Crippen LogP contribution in [0.4, 0.5) is 0 Å². The van der Waals surface area contributed by atoms with E-state index in [-0.39, 0.29) is 12.5 Å². The smallest absolute Gasteiger partial charge is 0.220 e. The summed E-state index contributed by atoms with van der Waals surface area (Å²) in [5.74, 6) is 0.513. The van der Waals surface area contributed by atoms with Crippen molar-refractivity contribution in [2.75, 3.05) is 26.4 Å². The van der Waals surface area contributed by atoms with Crippen molar-refractivity contribution in [2.24, 2.45) is 5.92 Å². The van der Waals surface area contributed by atoms with Gasteiger partial charge in [-0.1, -0.05) is 0 Å². The van der Waals surface area contributed by atoms with Gasteiger partial charge < -0.3 is 15.2 Å². The van der Waals surface area contributed by atoms with Gasteiger partial charge in [-0.15, -0.1) is 0 Å². The van der Waals surface area contributed by atoms with Crippen LogP contribution in [-0.4, -0.2) is 37.4 Å². The van der Waals surface area contributed by atoms with Crippen LogP contribution in [0.2, 0.25) is 0 Å². The van der Waals surface area contributed by atoms with Crippen molar-refractivity contribution in [3.8, 4) is 0 Å². The van der Waals surface area contributed by atoms with E-state index in [1.165, 1.54) is 0 Å². The Morgan fingerprint density at radius 2 is 2.46 bits per heavy atom. The number of carbonyl (C=O) groups excluding carboxylic acids is 1. The summed E-state index contributed by atoms with van der Waals surface area (Å²) >= 11 is 0. The summed E-state index contributed by atoms with van der Waals surface area (Å²) in [6, 6.07) is 0. The van der Waals surface area contributed by atoms with Crippen LogP contribution < -0.4 is 5.32 Å². The summed E-state index contributed by atoms with van der Waals surface area (Å²) in [6.45, 7) is 2.38. The molecule has 1 atom stereocenters. The van der Waals surface area contributed by atoms with E-state index >= 15 is 0 Å². The first-order valence-corrected chi connectivity index (χ1v) is 4.78. The highest BCUT2D eigenvalue weighted by atomic mass is 16.5. The number of aliphatic hydroxyl groups excluding tert-OH is 1. The highest BCUT2D eigenvalue weighted by Gasteiger charge is 2.15. The summed E-state index contributed by atoms with van der Waals surface area (Å²) in [4.78, 5) is 11.1. The molecule has 0 bridgehead atoms. The maximum atomic E-state index is 11.1. The molecule has 1 aliphatic rings. The van der Waals surface area contributed by atoms with E-state index in [9.17, 15) is 4.79 Å². The van der Waals surface area contributed by atoms with Gasteiger partial charge in [0, 0.05) is 32.1 Å². The van der Waals surface area contributed by atoms with Crippen LogP contribution >= 0.6 is 0 Å². The van der Waals surface area contributed by atoms with E-state index in [1.54, 1.807) is 0 Å². The minimum atomic E-state index is 0.0287. The number of hydrogen-bond donors (Lipinski definition) is 2. The van der Waals surface area contributed by atoms with Gasteiger partial charge in [0.25, 0.3) is 0 Å². The molecule has 1 rings (SSSR count). The SMILES string of the molecule is O=C(CCCO)NCC1CCOC1. The lowest BCUT2D eigenvalue weighted by molar-refractivity contribution is -0.121. The lowest BCUT2D eigenvalue weighted by atomic mass is 10.1. The largest absolute Gasteiger partial charge is 0.396 e. The topological polar surface area (TPSA) is 58.6 Å². The predicted octanol–water partition coefficient (Wildman–Crippen LogP) is -0.0884. The molecule has 0 spiro atoms. The first-order chi connectivity index (χ1) is 6.33. The Morgan fingerprint density at radius 1 is 1.62 bits per heavy atom. The van der Waals surface area contributed by atoms with Crippen LogP contribution in [0.1, 0.15) is 19.3 Å². The molecule has 13 heavy (non-hydrogen) atoms. The highest BCUT2D eigenvalue weighted by Crippen LogP contribution is 2.10. The molecule has 1 unspecified atom stereocenters. The molecule has 0 radical (unpaired) electrons. The van der Waals surface area contributed by atoms with Gasteiger partial charge in [0.2, 0.25) is 5.91 Å². The van der Waals surface area contributed by atoms with Crippen molar-refractivity contribution in [2.45, 2.75) is 19.3 Å². The zero-order valence-electron chi connectivity index (χ0n) is 7.79. The van der Waals surface area contributed by atoms with Gasteiger partial charge in [-0.2, -0.15) is 0 Å². The fraction of sp³-hybridized carbons (Fsp3) is 0.889. The lowest BCUT2D eigenvalue weighted by Crippen LogP contribution is -2.29. The minimum Gasteiger partial charge on any atom is -0.396 e. The monoisotopic (exact) mass is 187 g/mol. The number of amides is 1. The van der Waals surface area contributed by atoms with Crippen LogP contribution in [-0.2, 0) is 9.53 Å². The molecular formula is C9H17NO3. The van der Waals surface area contributed by atoms with Crippen LogP contribution in [0, 0.1) is 5.92 Å². The molecule has 2 N–H and O–H groups in total. The number of ether oxygens (including phenoxy) is 1. The van der Waals surface area contributed by atoms with Crippen molar-refractivity contribution >= 4 is 5.91 Å². The molecule has 4 heteroatoms. The number of rotatable bonds is 5. The average molecular weight is 187 g/mol. The number of aliphatic hydroxyl groups is 1. The minimum absolute atomic E-state index is 0.0287. The Balaban J connectivity index is 2.00. The van der Waals surface area contributed by atoms with Gasteiger partial charge in [0.05, 0.1) is 6.61 Å². The van der Waals surface area contributed by atoms with Crippen LogP contribution in [0.25, 0.3) is 0 Å². The van der Waals surface area contributed by atoms with E-state index in [4.69, 9.17) is 9.84 Å².